The SMILES string of the molecule is N#CCc1ccc(NC(=O)C2CC(=O)N(c3ccc(F)c([N+](=O)[O-])c3)C2)cc1. The Balaban J connectivity index is 1.70. The standard InChI is InChI=1S/C19H15FN4O4/c20-16-6-5-15(10-17(16)24(27)28)23-11-13(9-18(23)25)19(26)22-14-3-1-12(2-4-14)7-8-21/h1-6,10,13H,7,9,11H2,(H,22,26). The van der Waals surface area contributed by atoms with Crippen molar-refractivity contribution >= 4 is 28.9 Å². The maximum absolute atomic E-state index is 13.5. The highest BCUT2D eigenvalue weighted by molar-refractivity contribution is 6.03. The van der Waals surface area contributed by atoms with Crippen LogP contribution in [-0.4, -0.2) is 23.3 Å². The zero-order chi connectivity index (χ0) is 20.3. The van der Waals surface area contributed by atoms with Crippen LogP contribution < -0.4 is 10.2 Å². The van der Waals surface area contributed by atoms with Gasteiger partial charge in [0.05, 0.1) is 29.0 Å². The number of halogens is 1. The number of nitro groups is 1. The highest BCUT2D eigenvalue weighted by Crippen LogP contribution is 2.30. The van der Waals surface area contributed by atoms with Crippen LogP contribution in [0.2, 0.25) is 0 Å². The summed E-state index contributed by atoms with van der Waals surface area (Å²) in [6.45, 7) is 0.0416. The molecule has 1 aliphatic heterocycles. The van der Waals surface area contributed by atoms with Gasteiger partial charge in [-0.2, -0.15) is 9.65 Å². The molecule has 0 aliphatic carbocycles. The number of nitro benzene ring substituents is 1. The molecule has 1 saturated heterocycles. The lowest BCUT2D eigenvalue weighted by molar-refractivity contribution is -0.387. The Morgan fingerprint density at radius 2 is 2.04 bits per heavy atom. The van der Waals surface area contributed by atoms with Crippen molar-refractivity contribution in [2.24, 2.45) is 5.92 Å². The van der Waals surface area contributed by atoms with Crippen LogP contribution in [0.3, 0.4) is 0 Å². The number of carbonyl (C=O) groups excluding carboxylic acids is 2. The summed E-state index contributed by atoms with van der Waals surface area (Å²) in [5.41, 5.74) is 0.806. The number of anilines is 2. The summed E-state index contributed by atoms with van der Waals surface area (Å²) in [6.07, 6.45) is 0.216. The highest BCUT2D eigenvalue weighted by atomic mass is 19.1. The fourth-order valence-electron chi connectivity index (χ4n) is 2.98. The molecule has 9 heteroatoms. The number of amides is 2. The molecule has 1 aliphatic rings. The molecule has 0 bridgehead atoms. The second-order valence-corrected chi connectivity index (χ2v) is 6.32. The summed E-state index contributed by atoms with van der Waals surface area (Å²) in [5, 5.41) is 22.3. The van der Waals surface area contributed by atoms with E-state index in [1.807, 2.05) is 6.07 Å². The molecule has 2 aromatic rings. The average molecular weight is 382 g/mol. The van der Waals surface area contributed by atoms with Crippen molar-refractivity contribution in [3.8, 4) is 6.07 Å². The first-order valence-electron chi connectivity index (χ1n) is 8.40. The van der Waals surface area contributed by atoms with E-state index in [1.54, 1.807) is 24.3 Å². The molecule has 0 saturated carbocycles. The van der Waals surface area contributed by atoms with E-state index >= 15 is 0 Å². The molecule has 1 heterocycles. The average Bonchev–Trinajstić information content (AvgIpc) is 3.05. The fraction of sp³-hybridized carbons (Fsp3) is 0.211. The van der Waals surface area contributed by atoms with Crippen LogP contribution in [0, 0.1) is 33.2 Å². The molecule has 142 valence electrons. The van der Waals surface area contributed by atoms with Gasteiger partial charge in [-0.1, -0.05) is 12.1 Å². The molecule has 3 rings (SSSR count). The Hall–Kier alpha value is -3.80. The highest BCUT2D eigenvalue weighted by Gasteiger charge is 2.36. The van der Waals surface area contributed by atoms with E-state index in [4.69, 9.17) is 5.26 Å². The Kier molecular flexibility index (Phi) is 5.31. The summed E-state index contributed by atoms with van der Waals surface area (Å²) in [4.78, 5) is 36.0. The van der Waals surface area contributed by atoms with Crippen LogP contribution in [0.25, 0.3) is 0 Å². The maximum Gasteiger partial charge on any atom is 0.306 e. The minimum absolute atomic E-state index is 0.0416. The van der Waals surface area contributed by atoms with E-state index in [2.05, 4.69) is 5.32 Å². The van der Waals surface area contributed by atoms with Crippen LogP contribution in [-0.2, 0) is 16.0 Å². The van der Waals surface area contributed by atoms with Crippen molar-refractivity contribution in [3.05, 3.63) is 64.0 Å². The van der Waals surface area contributed by atoms with Crippen molar-refractivity contribution in [1.29, 1.82) is 5.26 Å². The molecular formula is C19H15FN4O4. The van der Waals surface area contributed by atoms with Crippen molar-refractivity contribution in [2.45, 2.75) is 12.8 Å². The third kappa shape index (κ3) is 3.96. The molecule has 8 nitrogen and oxygen atoms in total. The van der Waals surface area contributed by atoms with E-state index in [0.717, 1.165) is 17.7 Å². The van der Waals surface area contributed by atoms with Gasteiger partial charge in [-0.15, -0.1) is 0 Å². The van der Waals surface area contributed by atoms with Gasteiger partial charge >= 0.3 is 5.69 Å². The van der Waals surface area contributed by atoms with Gasteiger partial charge < -0.3 is 10.2 Å². The first-order chi connectivity index (χ1) is 13.4. The molecule has 2 amide bonds. The van der Waals surface area contributed by atoms with Crippen molar-refractivity contribution in [3.63, 3.8) is 0 Å². The van der Waals surface area contributed by atoms with E-state index in [9.17, 15) is 24.1 Å². The summed E-state index contributed by atoms with van der Waals surface area (Å²) < 4.78 is 13.5. The molecule has 2 aromatic carbocycles. The lowest BCUT2D eigenvalue weighted by Gasteiger charge is -2.16. The topological polar surface area (TPSA) is 116 Å². The van der Waals surface area contributed by atoms with Crippen LogP contribution in [0.5, 0.6) is 0 Å². The molecule has 1 unspecified atom stereocenters. The summed E-state index contributed by atoms with van der Waals surface area (Å²) in [7, 11) is 0. The predicted octanol–water partition coefficient (Wildman–Crippen LogP) is 2.79. The Morgan fingerprint density at radius 3 is 2.68 bits per heavy atom. The van der Waals surface area contributed by atoms with Crippen LogP contribution in [0.1, 0.15) is 12.0 Å². The second kappa shape index (κ2) is 7.84. The number of hydrogen-bond donors (Lipinski definition) is 1. The largest absolute Gasteiger partial charge is 0.326 e. The molecule has 28 heavy (non-hydrogen) atoms. The number of carbonyl (C=O) groups is 2. The van der Waals surface area contributed by atoms with Gasteiger partial charge in [0.15, 0.2) is 0 Å². The van der Waals surface area contributed by atoms with Crippen LogP contribution >= 0.6 is 0 Å². The Bertz CT molecular complexity index is 984. The molecule has 1 fully saturated rings. The first kappa shape index (κ1) is 19.0. The summed E-state index contributed by atoms with van der Waals surface area (Å²) in [6, 6.07) is 12.0. The summed E-state index contributed by atoms with van der Waals surface area (Å²) in [5.74, 6) is -2.36. The molecular weight excluding hydrogens is 367 g/mol. The fourth-order valence-corrected chi connectivity index (χ4v) is 2.98. The maximum atomic E-state index is 13.5. The van der Waals surface area contributed by atoms with E-state index in [1.165, 1.54) is 11.0 Å². The normalized spacial score (nSPS) is 15.9. The lowest BCUT2D eigenvalue weighted by atomic mass is 10.1. The van der Waals surface area contributed by atoms with Gasteiger partial charge in [-0.3, -0.25) is 19.7 Å². The number of nitriles is 1. The Labute approximate surface area is 159 Å². The molecule has 0 spiro atoms. The predicted molar refractivity (Wildman–Crippen MR) is 97.9 cm³/mol. The quantitative estimate of drug-likeness (QED) is 0.630. The van der Waals surface area contributed by atoms with Crippen LogP contribution in [0.15, 0.2) is 42.5 Å². The minimum atomic E-state index is -0.991. The smallest absolute Gasteiger partial charge is 0.306 e. The lowest BCUT2D eigenvalue weighted by Crippen LogP contribution is -2.28. The number of benzene rings is 2. The van der Waals surface area contributed by atoms with Gasteiger partial charge in [-0.05, 0) is 29.8 Å². The van der Waals surface area contributed by atoms with Crippen LogP contribution in [0.4, 0.5) is 21.5 Å². The number of nitrogens with one attached hydrogen (secondary N) is 1. The third-order valence-corrected chi connectivity index (χ3v) is 4.44. The monoisotopic (exact) mass is 382 g/mol. The number of rotatable bonds is 5. The van der Waals surface area contributed by atoms with E-state index < -0.39 is 22.3 Å². The van der Waals surface area contributed by atoms with E-state index in [-0.39, 0.29) is 36.9 Å². The summed E-state index contributed by atoms with van der Waals surface area (Å²) >= 11 is 0. The molecule has 0 aromatic heterocycles. The van der Waals surface area contributed by atoms with Gasteiger partial charge in [0, 0.05) is 24.7 Å². The van der Waals surface area contributed by atoms with Crippen molar-refractivity contribution < 1.29 is 18.9 Å². The first-order valence-corrected chi connectivity index (χ1v) is 8.40. The number of nitrogens with zero attached hydrogens (tertiary/aromatic N) is 3. The van der Waals surface area contributed by atoms with E-state index in [0.29, 0.717) is 5.69 Å². The van der Waals surface area contributed by atoms with Gasteiger partial charge in [0.1, 0.15) is 0 Å². The molecule has 0 radical (unpaired) electrons. The minimum Gasteiger partial charge on any atom is -0.326 e. The number of hydrogen-bond acceptors (Lipinski definition) is 5. The van der Waals surface area contributed by atoms with Gasteiger partial charge in [0.25, 0.3) is 0 Å². The third-order valence-electron chi connectivity index (χ3n) is 4.44. The van der Waals surface area contributed by atoms with Crippen molar-refractivity contribution in [1.82, 2.24) is 0 Å². The van der Waals surface area contributed by atoms with Gasteiger partial charge in [0.2, 0.25) is 17.6 Å². The zero-order valence-corrected chi connectivity index (χ0v) is 14.6. The zero-order valence-electron chi connectivity index (χ0n) is 14.6. The Morgan fingerprint density at radius 1 is 1.32 bits per heavy atom. The molecule has 1 N–H and O–H groups in total. The second-order valence-electron chi connectivity index (χ2n) is 6.32. The molecule has 1 atom stereocenters. The van der Waals surface area contributed by atoms with Crippen molar-refractivity contribution in [2.75, 3.05) is 16.8 Å². The van der Waals surface area contributed by atoms with Gasteiger partial charge in [-0.25, -0.2) is 0 Å².